The van der Waals surface area contributed by atoms with Gasteiger partial charge in [-0.1, -0.05) is 43.3 Å². The molecule has 140 valence electrons. The molecule has 0 saturated carbocycles. The van der Waals surface area contributed by atoms with Gasteiger partial charge in [0.2, 0.25) is 0 Å². The Morgan fingerprint density at radius 3 is 1.52 bits per heavy atom. The monoisotopic (exact) mass is 364 g/mol. The summed E-state index contributed by atoms with van der Waals surface area (Å²) < 4.78 is 0. The third kappa shape index (κ3) is 3.31. The summed E-state index contributed by atoms with van der Waals surface area (Å²) >= 11 is 0. The summed E-state index contributed by atoms with van der Waals surface area (Å²) in [5, 5.41) is 41.2. The smallest absolute Gasteiger partial charge is 0.126 e. The lowest BCUT2D eigenvalue weighted by molar-refractivity contribution is 0.432. The summed E-state index contributed by atoms with van der Waals surface area (Å²) in [5.74, 6) is -0.436. The van der Waals surface area contributed by atoms with Crippen LogP contribution in [0.4, 0.5) is 0 Å². The Labute approximate surface area is 159 Å². The molecule has 0 aliphatic carbocycles. The molecule has 0 spiro atoms. The molecule has 27 heavy (non-hydrogen) atoms. The maximum atomic E-state index is 10.7. The van der Waals surface area contributed by atoms with Crippen LogP contribution in [-0.2, 0) is 6.42 Å². The van der Waals surface area contributed by atoms with Crippen molar-refractivity contribution in [1.29, 1.82) is 0 Å². The molecule has 0 radical (unpaired) electrons. The van der Waals surface area contributed by atoms with E-state index in [-0.39, 0.29) is 23.0 Å². The number of benzene rings is 3. The van der Waals surface area contributed by atoms with E-state index >= 15 is 0 Å². The van der Waals surface area contributed by atoms with Crippen LogP contribution in [0.25, 0.3) is 0 Å². The van der Waals surface area contributed by atoms with Crippen LogP contribution in [0.1, 0.15) is 46.2 Å². The molecule has 0 unspecified atom stereocenters. The van der Waals surface area contributed by atoms with Crippen molar-refractivity contribution in [3.05, 3.63) is 81.9 Å². The number of rotatable bonds is 4. The molecular formula is C23H24O4. The second-order valence-electron chi connectivity index (χ2n) is 6.82. The first-order chi connectivity index (χ1) is 12.8. The van der Waals surface area contributed by atoms with Gasteiger partial charge in [0.25, 0.3) is 0 Å². The zero-order chi connectivity index (χ0) is 19.7. The molecule has 0 saturated heterocycles. The van der Waals surface area contributed by atoms with E-state index in [1.165, 1.54) is 5.56 Å². The molecule has 0 aromatic heterocycles. The van der Waals surface area contributed by atoms with Crippen molar-refractivity contribution < 1.29 is 20.4 Å². The van der Waals surface area contributed by atoms with E-state index in [4.69, 9.17) is 0 Å². The zero-order valence-corrected chi connectivity index (χ0v) is 15.7. The topological polar surface area (TPSA) is 80.9 Å². The van der Waals surface area contributed by atoms with Gasteiger partial charge in [0.15, 0.2) is 0 Å². The first-order valence-electron chi connectivity index (χ1n) is 8.96. The van der Waals surface area contributed by atoms with Crippen LogP contribution < -0.4 is 0 Å². The molecule has 0 bridgehead atoms. The molecule has 0 fully saturated rings. The number of aryl methyl sites for hydroxylation is 1. The van der Waals surface area contributed by atoms with E-state index in [0.29, 0.717) is 22.3 Å². The van der Waals surface area contributed by atoms with Crippen molar-refractivity contribution in [2.75, 3.05) is 0 Å². The molecule has 3 aromatic rings. The molecule has 0 heterocycles. The van der Waals surface area contributed by atoms with Crippen molar-refractivity contribution in [2.24, 2.45) is 0 Å². The highest BCUT2D eigenvalue weighted by atomic mass is 16.3. The van der Waals surface area contributed by atoms with Crippen LogP contribution in [-0.4, -0.2) is 20.4 Å². The van der Waals surface area contributed by atoms with Gasteiger partial charge in [0.1, 0.15) is 23.0 Å². The third-order valence-electron chi connectivity index (χ3n) is 5.21. The van der Waals surface area contributed by atoms with E-state index in [0.717, 1.165) is 12.0 Å². The van der Waals surface area contributed by atoms with Crippen LogP contribution in [0.5, 0.6) is 23.0 Å². The van der Waals surface area contributed by atoms with Crippen molar-refractivity contribution >= 4 is 0 Å². The van der Waals surface area contributed by atoms with Gasteiger partial charge in [-0.2, -0.15) is 0 Å². The van der Waals surface area contributed by atoms with Crippen LogP contribution >= 0.6 is 0 Å². The third-order valence-corrected chi connectivity index (χ3v) is 5.21. The fourth-order valence-electron chi connectivity index (χ4n) is 3.36. The SMILES string of the molecule is CCc1ccc(C(c2ccc(O)c(C)c2O)c2ccc(O)c(C)c2O)cc1. The summed E-state index contributed by atoms with van der Waals surface area (Å²) in [4.78, 5) is 0. The lowest BCUT2D eigenvalue weighted by Gasteiger charge is -2.23. The fraction of sp³-hybridized carbons (Fsp3) is 0.217. The predicted octanol–water partition coefficient (Wildman–Crippen LogP) is 4.87. The fourth-order valence-corrected chi connectivity index (χ4v) is 3.36. The second-order valence-corrected chi connectivity index (χ2v) is 6.82. The predicted molar refractivity (Wildman–Crippen MR) is 106 cm³/mol. The molecule has 4 nitrogen and oxygen atoms in total. The first kappa shape index (κ1) is 18.6. The second kappa shape index (κ2) is 7.23. The Morgan fingerprint density at radius 2 is 1.11 bits per heavy atom. The van der Waals surface area contributed by atoms with Gasteiger partial charge in [0, 0.05) is 28.2 Å². The number of phenolic OH excluding ortho intramolecular Hbond substituents is 4. The number of aromatic hydroxyl groups is 4. The minimum Gasteiger partial charge on any atom is -0.508 e. The van der Waals surface area contributed by atoms with Gasteiger partial charge >= 0.3 is 0 Å². The van der Waals surface area contributed by atoms with Crippen LogP contribution in [0.3, 0.4) is 0 Å². The molecule has 0 atom stereocenters. The van der Waals surface area contributed by atoms with Gasteiger partial charge in [0.05, 0.1) is 0 Å². The average Bonchev–Trinajstić information content (AvgIpc) is 2.68. The minimum atomic E-state index is -0.450. The number of hydrogen-bond acceptors (Lipinski definition) is 4. The highest BCUT2D eigenvalue weighted by Gasteiger charge is 2.25. The van der Waals surface area contributed by atoms with E-state index in [2.05, 4.69) is 6.92 Å². The van der Waals surface area contributed by atoms with Gasteiger partial charge in [-0.25, -0.2) is 0 Å². The quantitative estimate of drug-likeness (QED) is 0.498. The highest BCUT2D eigenvalue weighted by molar-refractivity contribution is 5.59. The summed E-state index contributed by atoms with van der Waals surface area (Å²) in [6.45, 7) is 5.37. The Kier molecular flexibility index (Phi) is 5.00. The normalized spacial score (nSPS) is 11.1. The minimum absolute atomic E-state index is 0.00954. The van der Waals surface area contributed by atoms with Crippen molar-refractivity contribution in [2.45, 2.75) is 33.1 Å². The molecule has 3 aromatic carbocycles. The van der Waals surface area contributed by atoms with Crippen molar-refractivity contribution in [3.8, 4) is 23.0 Å². The summed E-state index contributed by atoms with van der Waals surface area (Å²) in [6, 6.07) is 14.4. The van der Waals surface area contributed by atoms with E-state index in [1.54, 1.807) is 38.1 Å². The van der Waals surface area contributed by atoms with E-state index < -0.39 is 5.92 Å². The summed E-state index contributed by atoms with van der Waals surface area (Å²) in [6.07, 6.45) is 0.915. The molecule has 0 amide bonds. The van der Waals surface area contributed by atoms with Gasteiger partial charge < -0.3 is 20.4 Å². The maximum absolute atomic E-state index is 10.7. The van der Waals surface area contributed by atoms with E-state index in [1.807, 2.05) is 24.3 Å². The Bertz CT molecular complexity index is 917. The Hall–Kier alpha value is -3.14. The molecule has 4 N–H and O–H groups in total. The van der Waals surface area contributed by atoms with Crippen molar-refractivity contribution in [3.63, 3.8) is 0 Å². The Balaban J connectivity index is 2.27. The molecule has 3 rings (SSSR count). The molecule has 0 aliphatic heterocycles. The number of hydrogen-bond donors (Lipinski definition) is 4. The summed E-state index contributed by atoms with van der Waals surface area (Å²) in [5.41, 5.74) is 4.02. The lowest BCUT2D eigenvalue weighted by Crippen LogP contribution is -2.06. The van der Waals surface area contributed by atoms with Gasteiger partial charge in [-0.15, -0.1) is 0 Å². The van der Waals surface area contributed by atoms with Crippen molar-refractivity contribution in [1.82, 2.24) is 0 Å². The van der Waals surface area contributed by atoms with Gasteiger partial charge in [-0.3, -0.25) is 0 Å². The largest absolute Gasteiger partial charge is 0.508 e. The zero-order valence-electron chi connectivity index (χ0n) is 15.7. The molecule has 4 heteroatoms. The average molecular weight is 364 g/mol. The lowest BCUT2D eigenvalue weighted by atomic mass is 9.82. The Morgan fingerprint density at radius 1 is 0.667 bits per heavy atom. The molecule has 0 aliphatic rings. The molecular weight excluding hydrogens is 340 g/mol. The van der Waals surface area contributed by atoms with Crippen LogP contribution in [0, 0.1) is 13.8 Å². The maximum Gasteiger partial charge on any atom is 0.126 e. The van der Waals surface area contributed by atoms with Crippen LogP contribution in [0.15, 0.2) is 48.5 Å². The van der Waals surface area contributed by atoms with Gasteiger partial charge in [-0.05, 0) is 43.5 Å². The van der Waals surface area contributed by atoms with Crippen LogP contribution in [0.2, 0.25) is 0 Å². The van der Waals surface area contributed by atoms with E-state index in [9.17, 15) is 20.4 Å². The standard InChI is InChI=1S/C23H24O4/c1-4-15-5-7-16(8-6-15)21(17-9-11-19(24)13(2)22(17)26)18-10-12-20(25)14(3)23(18)27/h5-12,21,24-27H,4H2,1-3H3. The highest BCUT2D eigenvalue weighted by Crippen LogP contribution is 2.45. The number of phenols is 4. The first-order valence-corrected chi connectivity index (χ1v) is 8.96. The summed E-state index contributed by atoms with van der Waals surface area (Å²) in [7, 11) is 0.